The van der Waals surface area contributed by atoms with E-state index in [4.69, 9.17) is 9.47 Å². The van der Waals surface area contributed by atoms with Crippen LogP contribution in [0.3, 0.4) is 0 Å². The number of thiophene rings is 1. The highest BCUT2D eigenvalue weighted by Gasteiger charge is 2.44. The number of rotatable bonds is 4. The lowest BCUT2D eigenvalue weighted by Crippen LogP contribution is -2.34. The van der Waals surface area contributed by atoms with Gasteiger partial charge in [0.2, 0.25) is 0 Å². The Kier molecular flexibility index (Phi) is 4.67. The van der Waals surface area contributed by atoms with E-state index in [0.29, 0.717) is 33.3 Å². The van der Waals surface area contributed by atoms with Gasteiger partial charge in [0.1, 0.15) is 0 Å². The number of benzene rings is 2. The maximum Gasteiger partial charge on any atom is 0.265 e. The molecule has 6 nitrogen and oxygen atoms in total. The maximum absolute atomic E-state index is 12.9. The van der Waals surface area contributed by atoms with Gasteiger partial charge in [-0.15, -0.1) is 11.3 Å². The summed E-state index contributed by atoms with van der Waals surface area (Å²) in [6.07, 6.45) is 3.93. The molecule has 1 spiro atoms. The Balaban J connectivity index is 1.33. The van der Waals surface area contributed by atoms with Gasteiger partial charge in [-0.25, -0.2) is 0 Å². The van der Waals surface area contributed by atoms with E-state index in [0.717, 1.165) is 25.7 Å². The number of hydrogen-bond donors (Lipinski definition) is 2. The summed E-state index contributed by atoms with van der Waals surface area (Å²) >= 11 is 1.35. The molecule has 1 saturated carbocycles. The summed E-state index contributed by atoms with van der Waals surface area (Å²) in [4.78, 5) is 25.9. The fraction of sp³-hybridized carbons (Fsp3) is 0.217. The van der Waals surface area contributed by atoms with Gasteiger partial charge in [-0.3, -0.25) is 9.59 Å². The smallest absolute Gasteiger partial charge is 0.265 e. The lowest BCUT2D eigenvalue weighted by atomic mass is 10.1. The van der Waals surface area contributed by atoms with Crippen molar-refractivity contribution in [1.82, 2.24) is 0 Å². The normalized spacial score (nSPS) is 15.9. The molecule has 0 radical (unpaired) electrons. The molecular weight excluding hydrogens is 400 g/mol. The SMILES string of the molecule is O=C(Nc1ccccc1C(=O)Nc1ccc2c(c1)OC1(CCCC1)O2)c1cccs1. The van der Waals surface area contributed by atoms with Gasteiger partial charge in [-0.2, -0.15) is 0 Å². The molecule has 0 bridgehead atoms. The van der Waals surface area contributed by atoms with Crippen molar-refractivity contribution in [1.29, 1.82) is 0 Å². The Morgan fingerprint density at radius 2 is 1.67 bits per heavy atom. The first-order chi connectivity index (χ1) is 14.6. The van der Waals surface area contributed by atoms with Crippen molar-refractivity contribution in [2.75, 3.05) is 10.6 Å². The molecule has 2 amide bonds. The molecule has 5 rings (SSSR count). The van der Waals surface area contributed by atoms with Gasteiger partial charge in [-0.1, -0.05) is 18.2 Å². The van der Waals surface area contributed by atoms with Gasteiger partial charge >= 0.3 is 0 Å². The number of ether oxygens (including phenoxy) is 2. The summed E-state index contributed by atoms with van der Waals surface area (Å²) in [7, 11) is 0. The fourth-order valence-electron chi connectivity index (χ4n) is 3.87. The van der Waals surface area contributed by atoms with E-state index in [-0.39, 0.29) is 11.8 Å². The van der Waals surface area contributed by atoms with Gasteiger partial charge < -0.3 is 20.1 Å². The average Bonchev–Trinajstić information content (AvgIpc) is 3.49. The lowest BCUT2D eigenvalue weighted by Gasteiger charge is -2.21. The third-order valence-corrected chi connectivity index (χ3v) is 6.19. The third-order valence-electron chi connectivity index (χ3n) is 5.32. The largest absolute Gasteiger partial charge is 0.448 e. The molecule has 2 N–H and O–H groups in total. The van der Waals surface area contributed by atoms with Crippen LogP contribution >= 0.6 is 11.3 Å². The summed E-state index contributed by atoms with van der Waals surface area (Å²) in [5, 5.41) is 7.55. The van der Waals surface area contributed by atoms with E-state index < -0.39 is 5.79 Å². The van der Waals surface area contributed by atoms with Crippen LogP contribution in [0, 0.1) is 0 Å². The molecule has 0 atom stereocenters. The van der Waals surface area contributed by atoms with E-state index in [9.17, 15) is 9.59 Å². The van der Waals surface area contributed by atoms with Gasteiger partial charge in [0.05, 0.1) is 16.1 Å². The third kappa shape index (κ3) is 3.52. The molecule has 2 aliphatic rings. The molecular formula is C23H20N2O4S. The zero-order chi connectivity index (χ0) is 20.6. The molecule has 1 aliphatic heterocycles. The zero-order valence-corrected chi connectivity index (χ0v) is 17.0. The van der Waals surface area contributed by atoms with Crippen molar-refractivity contribution in [3.8, 4) is 11.5 Å². The van der Waals surface area contributed by atoms with Crippen molar-refractivity contribution in [2.45, 2.75) is 31.5 Å². The van der Waals surface area contributed by atoms with Crippen molar-refractivity contribution in [3.05, 3.63) is 70.4 Å². The van der Waals surface area contributed by atoms with Crippen LogP contribution in [0.4, 0.5) is 11.4 Å². The van der Waals surface area contributed by atoms with Gasteiger partial charge in [-0.05, 0) is 48.6 Å². The quantitative estimate of drug-likeness (QED) is 0.601. The number of hydrogen-bond acceptors (Lipinski definition) is 5. The fourth-order valence-corrected chi connectivity index (χ4v) is 4.49. The minimum atomic E-state index is -0.538. The highest BCUT2D eigenvalue weighted by atomic mass is 32.1. The van der Waals surface area contributed by atoms with Crippen molar-refractivity contribution < 1.29 is 19.1 Å². The van der Waals surface area contributed by atoms with Crippen molar-refractivity contribution >= 4 is 34.5 Å². The Bertz CT molecular complexity index is 1100. The first kappa shape index (κ1) is 18.7. The minimum Gasteiger partial charge on any atom is -0.448 e. The van der Waals surface area contributed by atoms with Gasteiger partial charge in [0.15, 0.2) is 11.5 Å². The predicted octanol–water partition coefficient (Wildman–Crippen LogP) is 5.29. The molecule has 1 aliphatic carbocycles. The second kappa shape index (κ2) is 7.50. The predicted molar refractivity (Wildman–Crippen MR) is 116 cm³/mol. The van der Waals surface area contributed by atoms with Crippen molar-refractivity contribution in [3.63, 3.8) is 0 Å². The molecule has 30 heavy (non-hydrogen) atoms. The summed E-state index contributed by atoms with van der Waals surface area (Å²) < 4.78 is 12.1. The molecule has 1 fully saturated rings. The monoisotopic (exact) mass is 420 g/mol. The molecule has 152 valence electrons. The van der Waals surface area contributed by atoms with E-state index in [1.54, 1.807) is 42.5 Å². The number of carbonyl (C=O) groups is 2. The second-order valence-electron chi connectivity index (χ2n) is 7.41. The maximum atomic E-state index is 12.9. The number of fused-ring (bicyclic) bond motifs is 1. The molecule has 7 heteroatoms. The van der Waals surface area contributed by atoms with Crippen LogP contribution in [-0.4, -0.2) is 17.6 Å². The number of nitrogens with one attached hydrogen (secondary N) is 2. The zero-order valence-electron chi connectivity index (χ0n) is 16.1. The highest BCUT2D eigenvalue weighted by molar-refractivity contribution is 7.12. The van der Waals surface area contributed by atoms with Crippen LogP contribution in [-0.2, 0) is 0 Å². The van der Waals surface area contributed by atoms with Crippen LogP contribution in [0.25, 0.3) is 0 Å². The number of amides is 2. The minimum absolute atomic E-state index is 0.241. The topological polar surface area (TPSA) is 76.7 Å². The number of carbonyl (C=O) groups excluding carboxylic acids is 2. The Morgan fingerprint density at radius 3 is 2.47 bits per heavy atom. The van der Waals surface area contributed by atoms with E-state index in [2.05, 4.69) is 10.6 Å². The Hall–Kier alpha value is -3.32. The van der Waals surface area contributed by atoms with Crippen molar-refractivity contribution in [2.24, 2.45) is 0 Å². The van der Waals surface area contributed by atoms with E-state index >= 15 is 0 Å². The Labute approximate surface area is 177 Å². The number of anilines is 2. The van der Waals surface area contributed by atoms with Crippen LogP contribution in [0.2, 0.25) is 0 Å². The standard InChI is InChI=1S/C23H20N2O4S/c26-21(16-6-1-2-7-17(16)25-22(27)20-8-5-13-30-20)24-15-9-10-18-19(14-15)29-23(28-18)11-3-4-12-23/h1-2,5-10,13-14H,3-4,11-12H2,(H,24,26)(H,25,27). The molecule has 0 unspecified atom stereocenters. The molecule has 2 aromatic carbocycles. The highest BCUT2D eigenvalue weighted by Crippen LogP contribution is 2.47. The average molecular weight is 420 g/mol. The molecule has 1 aromatic heterocycles. The van der Waals surface area contributed by atoms with Gasteiger partial charge in [0, 0.05) is 24.6 Å². The van der Waals surface area contributed by atoms with Crippen LogP contribution in [0.5, 0.6) is 11.5 Å². The van der Waals surface area contributed by atoms with Crippen LogP contribution in [0.15, 0.2) is 60.0 Å². The molecule has 2 heterocycles. The van der Waals surface area contributed by atoms with E-state index in [1.807, 2.05) is 17.5 Å². The molecule has 3 aromatic rings. The van der Waals surface area contributed by atoms with Crippen LogP contribution in [0.1, 0.15) is 45.7 Å². The van der Waals surface area contributed by atoms with Gasteiger partial charge in [0.25, 0.3) is 17.6 Å². The lowest BCUT2D eigenvalue weighted by molar-refractivity contribution is -0.0716. The summed E-state index contributed by atoms with van der Waals surface area (Å²) in [6.45, 7) is 0. The summed E-state index contributed by atoms with van der Waals surface area (Å²) in [5.74, 6) is 0.262. The molecule has 0 saturated heterocycles. The second-order valence-corrected chi connectivity index (χ2v) is 8.36. The van der Waals surface area contributed by atoms with E-state index in [1.165, 1.54) is 11.3 Å². The number of para-hydroxylation sites is 1. The summed E-state index contributed by atoms with van der Waals surface area (Å²) in [5.41, 5.74) is 1.45. The summed E-state index contributed by atoms with van der Waals surface area (Å²) in [6, 6.07) is 15.9. The van der Waals surface area contributed by atoms with Crippen LogP contribution < -0.4 is 20.1 Å². The first-order valence-corrected chi connectivity index (χ1v) is 10.8. The Morgan fingerprint density at radius 1 is 0.867 bits per heavy atom. The first-order valence-electron chi connectivity index (χ1n) is 9.89.